The van der Waals surface area contributed by atoms with Gasteiger partial charge in [-0.3, -0.25) is 0 Å². The highest BCUT2D eigenvalue weighted by molar-refractivity contribution is 7.99. The molecule has 0 aromatic carbocycles. The van der Waals surface area contributed by atoms with E-state index in [1.165, 1.54) is 12.8 Å². The van der Waals surface area contributed by atoms with Crippen molar-refractivity contribution < 1.29 is 0 Å². The van der Waals surface area contributed by atoms with Gasteiger partial charge in [-0.1, -0.05) is 0 Å². The van der Waals surface area contributed by atoms with E-state index in [0.29, 0.717) is 6.04 Å². The summed E-state index contributed by atoms with van der Waals surface area (Å²) in [5.41, 5.74) is 0. The van der Waals surface area contributed by atoms with Gasteiger partial charge in [0.1, 0.15) is 0 Å². The predicted molar refractivity (Wildman–Crippen MR) is 43.7 cm³/mol. The molecule has 2 unspecified atom stereocenters. The van der Waals surface area contributed by atoms with Gasteiger partial charge in [0.05, 0.1) is 0 Å². The van der Waals surface area contributed by atoms with Crippen LogP contribution in [0.15, 0.2) is 0 Å². The van der Waals surface area contributed by atoms with Crippen molar-refractivity contribution in [1.82, 2.24) is 5.32 Å². The summed E-state index contributed by atoms with van der Waals surface area (Å²) in [5.74, 6) is 0. The molecule has 0 aromatic rings. The van der Waals surface area contributed by atoms with Crippen LogP contribution < -0.4 is 5.32 Å². The van der Waals surface area contributed by atoms with Crippen molar-refractivity contribution in [3.8, 4) is 6.19 Å². The summed E-state index contributed by atoms with van der Waals surface area (Å²) in [7, 11) is 0. The molecule has 1 fully saturated rings. The van der Waals surface area contributed by atoms with Gasteiger partial charge in [-0.15, -0.1) is 0 Å². The maximum Gasteiger partial charge on any atom is 0.176 e. The van der Waals surface area contributed by atoms with E-state index < -0.39 is 0 Å². The molecule has 1 aliphatic carbocycles. The van der Waals surface area contributed by atoms with Crippen LogP contribution >= 0.6 is 11.8 Å². The molecule has 1 rings (SSSR count). The Morgan fingerprint density at radius 2 is 2.40 bits per heavy atom. The third kappa shape index (κ3) is 1.81. The average Bonchev–Trinajstić information content (AvgIpc) is 2.37. The van der Waals surface area contributed by atoms with Gasteiger partial charge in [-0.05, 0) is 25.5 Å². The fourth-order valence-electron chi connectivity index (χ4n) is 1.38. The Balaban J connectivity index is 2.23. The maximum absolute atomic E-state index is 8.32. The second kappa shape index (κ2) is 3.72. The Morgan fingerprint density at radius 1 is 1.60 bits per heavy atom. The molecule has 1 N–H and O–H groups in total. The topological polar surface area (TPSA) is 35.8 Å². The van der Waals surface area contributed by atoms with Gasteiger partial charge in [-0.25, -0.2) is 0 Å². The van der Waals surface area contributed by atoms with Crippen LogP contribution in [0, 0.1) is 11.5 Å². The summed E-state index contributed by atoms with van der Waals surface area (Å²) in [6.45, 7) is 0. The summed E-state index contributed by atoms with van der Waals surface area (Å²) in [6.07, 6.45) is 7.72. The zero-order valence-electron chi connectivity index (χ0n) is 6.13. The second-order valence-electron chi connectivity index (χ2n) is 2.62. The standard InChI is InChI=1S/C7H12N2S/c1-10-7-3-2-6(4-7)9-5-8/h6-7,9H,2-4H2,1H3. The fraction of sp³-hybridized carbons (Fsp3) is 0.857. The highest BCUT2D eigenvalue weighted by atomic mass is 32.2. The van der Waals surface area contributed by atoms with Gasteiger partial charge in [0.25, 0.3) is 0 Å². The molecule has 2 nitrogen and oxygen atoms in total. The van der Waals surface area contributed by atoms with Crippen molar-refractivity contribution in [2.45, 2.75) is 30.6 Å². The molecule has 0 amide bonds. The van der Waals surface area contributed by atoms with Gasteiger partial charge in [0.15, 0.2) is 6.19 Å². The smallest absolute Gasteiger partial charge is 0.176 e. The van der Waals surface area contributed by atoms with Crippen molar-refractivity contribution in [2.75, 3.05) is 6.26 Å². The predicted octanol–water partition coefficient (Wildman–Crippen LogP) is 1.34. The summed E-state index contributed by atoms with van der Waals surface area (Å²) in [4.78, 5) is 0. The third-order valence-electron chi connectivity index (χ3n) is 1.99. The lowest BCUT2D eigenvalue weighted by Gasteiger charge is -2.05. The first-order chi connectivity index (χ1) is 4.86. The van der Waals surface area contributed by atoms with Crippen molar-refractivity contribution in [1.29, 1.82) is 5.26 Å². The van der Waals surface area contributed by atoms with E-state index in [1.54, 1.807) is 0 Å². The minimum absolute atomic E-state index is 0.461. The number of nitrogens with zero attached hydrogens (tertiary/aromatic N) is 1. The van der Waals surface area contributed by atoms with Crippen LogP contribution in [0.5, 0.6) is 0 Å². The first-order valence-corrected chi connectivity index (χ1v) is 4.83. The van der Waals surface area contributed by atoms with Gasteiger partial charge in [0.2, 0.25) is 0 Å². The largest absolute Gasteiger partial charge is 0.321 e. The van der Waals surface area contributed by atoms with E-state index in [9.17, 15) is 0 Å². The maximum atomic E-state index is 8.32. The Hall–Kier alpha value is -0.360. The lowest BCUT2D eigenvalue weighted by atomic mass is 10.3. The Kier molecular flexibility index (Phi) is 2.88. The van der Waals surface area contributed by atoms with Crippen molar-refractivity contribution in [3.63, 3.8) is 0 Å². The molecule has 0 bridgehead atoms. The van der Waals surface area contributed by atoms with Gasteiger partial charge in [0, 0.05) is 11.3 Å². The van der Waals surface area contributed by atoms with E-state index in [-0.39, 0.29) is 0 Å². The summed E-state index contributed by atoms with van der Waals surface area (Å²) in [6, 6.07) is 0.461. The zero-order chi connectivity index (χ0) is 7.40. The third-order valence-corrected chi connectivity index (χ3v) is 3.08. The number of hydrogen-bond donors (Lipinski definition) is 1. The lowest BCUT2D eigenvalue weighted by Crippen LogP contribution is -2.21. The minimum atomic E-state index is 0.461. The van der Waals surface area contributed by atoms with Crippen LogP contribution in [-0.4, -0.2) is 17.5 Å². The van der Waals surface area contributed by atoms with Crippen LogP contribution in [0.25, 0.3) is 0 Å². The molecule has 56 valence electrons. The Labute approximate surface area is 66.0 Å². The molecule has 0 spiro atoms. The summed E-state index contributed by atoms with van der Waals surface area (Å²) >= 11 is 1.91. The van der Waals surface area contributed by atoms with E-state index in [4.69, 9.17) is 5.26 Å². The average molecular weight is 156 g/mol. The highest BCUT2D eigenvalue weighted by Crippen LogP contribution is 2.27. The van der Waals surface area contributed by atoms with E-state index in [2.05, 4.69) is 11.6 Å². The molecule has 3 heteroatoms. The van der Waals surface area contributed by atoms with Crippen molar-refractivity contribution in [3.05, 3.63) is 0 Å². The van der Waals surface area contributed by atoms with Gasteiger partial charge in [-0.2, -0.15) is 17.0 Å². The molecule has 1 saturated carbocycles. The van der Waals surface area contributed by atoms with Crippen LogP contribution in [0.2, 0.25) is 0 Å². The number of rotatable bonds is 2. The van der Waals surface area contributed by atoms with E-state index >= 15 is 0 Å². The Morgan fingerprint density at radius 3 is 2.90 bits per heavy atom. The van der Waals surface area contributed by atoms with Crippen LogP contribution in [0.3, 0.4) is 0 Å². The molecular weight excluding hydrogens is 144 g/mol. The monoisotopic (exact) mass is 156 g/mol. The fourth-order valence-corrected chi connectivity index (χ4v) is 2.17. The van der Waals surface area contributed by atoms with E-state index in [0.717, 1.165) is 11.7 Å². The van der Waals surface area contributed by atoms with E-state index in [1.807, 2.05) is 18.0 Å². The number of nitriles is 1. The minimum Gasteiger partial charge on any atom is -0.321 e. The molecule has 0 heterocycles. The molecule has 1 aliphatic rings. The normalized spacial score (nSPS) is 31.6. The molecule has 10 heavy (non-hydrogen) atoms. The van der Waals surface area contributed by atoms with Crippen LogP contribution in [0.4, 0.5) is 0 Å². The molecule has 2 atom stereocenters. The first-order valence-electron chi connectivity index (χ1n) is 3.54. The quantitative estimate of drug-likeness (QED) is 0.484. The number of nitrogens with one attached hydrogen (secondary N) is 1. The SMILES string of the molecule is CSC1CCC(NC#N)C1. The molecule has 0 aliphatic heterocycles. The van der Waals surface area contributed by atoms with Crippen molar-refractivity contribution in [2.24, 2.45) is 0 Å². The van der Waals surface area contributed by atoms with Gasteiger partial charge >= 0.3 is 0 Å². The van der Waals surface area contributed by atoms with Crippen LogP contribution in [0.1, 0.15) is 19.3 Å². The first kappa shape index (κ1) is 7.74. The zero-order valence-corrected chi connectivity index (χ0v) is 6.95. The Bertz CT molecular complexity index is 141. The summed E-state index contributed by atoms with van der Waals surface area (Å²) < 4.78 is 0. The van der Waals surface area contributed by atoms with Crippen LogP contribution in [-0.2, 0) is 0 Å². The molecule has 0 radical (unpaired) electrons. The molecule has 0 aromatic heterocycles. The molecular formula is C7H12N2S. The summed E-state index contributed by atoms with van der Waals surface area (Å²) in [5, 5.41) is 11.9. The van der Waals surface area contributed by atoms with Gasteiger partial charge < -0.3 is 5.32 Å². The van der Waals surface area contributed by atoms with Crippen molar-refractivity contribution >= 4 is 11.8 Å². The number of hydrogen-bond acceptors (Lipinski definition) is 3. The highest BCUT2D eigenvalue weighted by Gasteiger charge is 2.22. The number of thioether (sulfide) groups is 1. The lowest BCUT2D eigenvalue weighted by molar-refractivity contribution is 0.617. The molecule has 0 saturated heterocycles. The second-order valence-corrected chi connectivity index (χ2v) is 3.76.